The molecule has 7 heteroatoms. The van der Waals surface area contributed by atoms with Gasteiger partial charge in [0, 0.05) is 31.0 Å². The Morgan fingerprint density at radius 1 is 1.12 bits per heavy atom. The number of hydrogen-bond acceptors (Lipinski definition) is 3. The highest BCUT2D eigenvalue weighted by atomic mass is 35.5. The lowest BCUT2D eigenvalue weighted by Gasteiger charge is -2.28. The fraction of sp³-hybridized carbons (Fsp3) is 0.222. The smallest absolute Gasteiger partial charge is 0.303 e. The summed E-state index contributed by atoms with van der Waals surface area (Å²) in [5.74, 6) is -1.30. The summed E-state index contributed by atoms with van der Waals surface area (Å²) in [6.45, 7) is 4.43. The molecule has 1 unspecified atom stereocenters. The minimum absolute atomic E-state index is 0.0539. The van der Waals surface area contributed by atoms with Crippen LogP contribution in [0, 0.1) is 11.3 Å². The highest BCUT2D eigenvalue weighted by molar-refractivity contribution is 6.42. The lowest BCUT2D eigenvalue weighted by atomic mass is 9.94. The number of nitriles is 1. The second kappa shape index (κ2) is 11.7. The molecule has 0 spiro atoms. The number of aliphatic carboxylic acids is 1. The summed E-state index contributed by atoms with van der Waals surface area (Å²) in [7, 11) is 0. The normalized spacial score (nSPS) is 11.6. The molecule has 1 N–H and O–H groups in total. The molecule has 0 aliphatic carbocycles. The molecular formula is C27H24Cl2N2O3. The molecule has 0 aliphatic heterocycles. The molecule has 3 aromatic rings. The zero-order chi connectivity index (χ0) is 24.7. The van der Waals surface area contributed by atoms with Crippen LogP contribution in [-0.2, 0) is 4.79 Å². The number of rotatable bonds is 10. The van der Waals surface area contributed by atoms with Crippen LogP contribution in [0.15, 0.2) is 67.3 Å². The first-order valence-corrected chi connectivity index (χ1v) is 11.6. The number of amides is 1. The highest BCUT2D eigenvalue weighted by Crippen LogP contribution is 2.30. The molecule has 1 amide bonds. The number of benzene rings is 3. The van der Waals surface area contributed by atoms with Crippen molar-refractivity contribution >= 4 is 45.9 Å². The molecule has 0 saturated carbocycles. The van der Waals surface area contributed by atoms with Crippen LogP contribution >= 0.6 is 23.2 Å². The third kappa shape index (κ3) is 6.17. The summed E-state index contributed by atoms with van der Waals surface area (Å²) >= 11 is 12.3. The molecule has 0 heterocycles. The number of fused-ring (bicyclic) bond motifs is 1. The summed E-state index contributed by atoms with van der Waals surface area (Å²) in [5, 5.41) is 21.0. The summed E-state index contributed by atoms with van der Waals surface area (Å²) in [4.78, 5) is 26.6. The van der Waals surface area contributed by atoms with Gasteiger partial charge in [0.2, 0.25) is 0 Å². The number of hydrogen-bond donors (Lipinski definition) is 1. The summed E-state index contributed by atoms with van der Waals surface area (Å²) in [5.41, 5.74) is 1.71. The Morgan fingerprint density at radius 2 is 1.88 bits per heavy atom. The number of allylic oxidation sites excluding steroid dienone is 1. The quantitative estimate of drug-likeness (QED) is 0.318. The van der Waals surface area contributed by atoms with E-state index in [1.165, 1.54) is 0 Å². The summed E-state index contributed by atoms with van der Waals surface area (Å²) < 4.78 is 0. The van der Waals surface area contributed by atoms with Crippen molar-refractivity contribution in [2.75, 3.05) is 13.1 Å². The summed E-state index contributed by atoms with van der Waals surface area (Å²) in [6.07, 6.45) is 2.61. The number of carboxylic acid groups (broad SMARTS) is 1. The van der Waals surface area contributed by atoms with E-state index in [0.717, 1.165) is 16.3 Å². The van der Waals surface area contributed by atoms with Crippen LogP contribution < -0.4 is 0 Å². The molecule has 5 nitrogen and oxygen atoms in total. The van der Waals surface area contributed by atoms with Gasteiger partial charge in [-0.05, 0) is 53.4 Å². The number of halogens is 2. The van der Waals surface area contributed by atoms with Crippen molar-refractivity contribution in [1.29, 1.82) is 5.26 Å². The number of carbonyl (C=O) groups is 2. The summed E-state index contributed by atoms with van der Waals surface area (Å²) in [6, 6.07) is 18.2. The van der Waals surface area contributed by atoms with Gasteiger partial charge in [0.15, 0.2) is 0 Å². The van der Waals surface area contributed by atoms with Gasteiger partial charge in [-0.1, -0.05) is 59.6 Å². The third-order valence-electron chi connectivity index (χ3n) is 5.63. The Labute approximate surface area is 208 Å². The molecule has 0 aromatic heterocycles. The molecule has 3 aromatic carbocycles. The van der Waals surface area contributed by atoms with Crippen LogP contribution in [0.3, 0.4) is 0 Å². The van der Waals surface area contributed by atoms with Gasteiger partial charge < -0.3 is 10.0 Å². The first kappa shape index (κ1) is 25.3. The highest BCUT2D eigenvalue weighted by Gasteiger charge is 2.23. The van der Waals surface area contributed by atoms with Gasteiger partial charge in [0.1, 0.15) is 0 Å². The van der Waals surface area contributed by atoms with Crippen molar-refractivity contribution in [2.24, 2.45) is 0 Å². The zero-order valence-corrected chi connectivity index (χ0v) is 20.0. The number of carboxylic acids is 1. The average Bonchev–Trinajstić information content (AvgIpc) is 2.83. The Morgan fingerprint density at radius 3 is 2.56 bits per heavy atom. The maximum absolute atomic E-state index is 13.8. The molecule has 3 rings (SSSR count). The van der Waals surface area contributed by atoms with Crippen LogP contribution in [0.25, 0.3) is 10.8 Å². The Balaban J connectivity index is 2.01. The van der Waals surface area contributed by atoms with Gasteiger partial charge in [-0.3, -0.25) is 9.59 Å². The molecule has 174 valence electrons. The SMILES string of the molecule is C=CCC(CN(CCCC(=O)O)C(=O)c1cc(C#N)cc2ccccc12)c1ccc(Cl)c(Cl)c1. The van der Waals surface area contributed by atoms with E-state index in [0.29, 0.717) is 40.6 Å². The fourth-order valence-corrected chi connectivity index (χ4v) is 4.28. The topological polar surface area (TPSA) is 81.4 Å². The van der Waals surface area contributed by atoms with Gasteiger partial charge in [0.25, 0.3) is 5.91 Å². The van der Waals surface area contributed by atoms with E-state index >= 15 is 0 Å². The van der Waals surface area contributed by atoms with Gasteiger partial charge in [-0.2, -0.15) is 5.26 Å². The van der Waals surface area contributed by atoms with Gasteiger partial charge in [-0.15, -0.1) is 6.58 Å². The zero-order valence-electron chi connectivity index (χ0n) is 18.5. The van der Waals surface area contributed by atoms with Crippen molar-refractivity contribution in [3.8, 4) is 6.07 Å². The minimum atomic E-state index is -0.920. The van der Waals surface area contributed by atoms with Crippen LogP contribution in [0.4, 0.5) is 0 Å². The molecule has 0 aliphatic rings. The first-order chi connectivity index (χ1) is 16.3. The van der Waals surface area contributed by atoms with E-state index in [4.69, 9.17) is 28.3 Å². The lowest BCUT2D eigenvalue weighted by molar-refractivity contribution is -0.137. The van der Waals surface area contributed by atoms with Crippen molar-refractivity contribution in [2.45, 2.75) is 25.2 Å². The predicted octanol–water partition coefficient (Wildman–Crippen LogP) is 6.69. The monoisotopic (exact) mass is 494 g/mol. The Kier molecular flexibility index (Phi) is 8.70. The maximum atomic E-state index is 13.8. The van der Waals surface area contributed by atoms with Gasteiger partial charge >= 0.3 is 5.97 Å². The first-order valence-electron chi connectivity index (χ1n) is 10.8. The van der Waals surface area contributed by atoms with Crippen LogP contribution in [0.5, 0.6) is 0 Å². The second-order valence-corrected chi connectivity index (χ2v) is 8.81. The van der Waals surface area contributed by atoms with Crippen molar-refractivity contribution in [1.82, 2.24) is 4.90 Å². The fourth-order valence-electron chi connectivity index (χ4n) is 3.97. The van der Waals surface area contributed by atoms with E-state index in [1.54, 1.807) is 35.2 Å². The standard InChI is InChI=1S/C27H24Cl2N2O3/c1-2-6-21(19-10-11-24(28)25(29)15-19)17-31(12-5-9-26(32)33)27(34)23-14-18(16-30)13-20-7-3-4-8-22(20)23/h2-4,7-8,10-11,13-15,21H,1,5-6,9,12,17H2,(H,32,33). The van der Waals surface area contributed by atoms with Gasteiger partial charge in [0.05, 0.1) is 21.7 Å². The number of nitrogens with zero attached hydrogens (tertiary/aromatic N) is 2. The van der Waals surface area contributed by atoms with E-state index in [9.17, 15) is 14.9 Å². The minimum Gasteiger partial charge on any atom is -0.481 e. The molecule has 34 heavy (non-hydrogen) atoms. The van der Waals surface area contributed by atoms with E-state index in [1.807, 2.05) is 30.3 Å². The van der Waals surface area contributed by atoms with E-state index in [-0.39, 0.29) is 24.8 Å². The van der Waals surface area contributed by atoms with Crippen molar-refractivity contribution < 1.29 is 14.7 Å². The lowest BCUT2D eigenvalue weighted by Crippen LogP contribution is -2.36. The third-order valence-corrected chi connectivity index (χ3v) is 6.37. The average molecular weight is 495 g/mol. The number of carbonyl (C=O) groups excluding carboxylic acids is 1. The molecular weight excluding hydrogens is 471 g/mol. The maximum Gasteiger partial charge on any atom is 0.303 e. The molecule has 0 fully saturated rings. The van der Waals surface area contributed by atoms with Crippen LogP contribution in [0.1, 0.15) is 46.7 Å². The van der Waals surface area contributed by atoms with Crippen LogP contribution in [0.2, 0.25) is 10.0 Å². The van der Waals surface area contributed by atoms with Gasteiger partial charge in [-0.25, -0.2) is 0 Å². The Hall–Kier alpha value is -3.33. The molecule has 1 atom stereocenters. The van der Waals surface area contributed by atoms with Crippen molar-refractivity contribution in [3.05, 3.63) is 94.0 Å². The predicted molar refractivity (Wildman–Crippen MR) is 135 cm³/mol. The molecule has 0 radical (unpaired) electrons. The Bertz CT molecular complexity index is 1270. The van der Waals surface area contributed by atoms with Crippen molar-refractivity contribution in [3.63, 3.8) is 0 Å². The largest absolute Gasteiger partial charge is 0.481 e. The van der Waals surface area contributed by atoms with E-state index < -0.39 is 5.97 Å². The molecule has 0 bridgehead atoms. The molecule has 0 saturated heterocycles. The van der Waals surface area contributed by atoms with E-state index in [2.05, 4.69) is 12.6 Å². The second-order valence-electron chi connectivity index (χ2n) is 8.00. The van der Waals surface area contributed by atoms with Crippen LogP contribution in [-0.4, -0.2) is 35.0 Å².